The van der Waals surface area contributed by atoms with Gasteiger partial charge in [-0.15, -0.1) is 0 Å². The number of aliphatic hydroxyl groups is 1. The zero-order valence-corrected chi connectivity index (χ0v) is 22.1. The normalized spacial score (nSPS) is 16.2. The molecule has 0 spiro atoms. The number of hydrogen-bond donors (Lipinski definition) is 3. The maximum atomic E-state index is 13.1. The summed E-state index contributed by atoms with van der Waals surface area (Å²) < 4.78 is 13.1. The van der Waals surface area contributed by atoms with E-state index in [2.05, 4.69) is 21.7 Å². The van der Waals surface area contributed by atoms with Gasteiger partial charge in [-0.1, -0.05) is 42.5 Å². The number of carbonyl (C=O) groups is 1. The van der Waals surface area contributed by atoms with Crippen molar-refractivity contribution in [2.45, 2.75) is 31.9 Å². The lowest BCUT2D eigenvalue weighted by atomic mass is 10.0. The van der Waals surface area contributed by atoms with Gasteiger partial charge in [0.15, 0.2) is 0 Å². The second-order valence-corrected chi connectivity index (χ2v) is 9.87. The fourth-order valence-corrected chi connectivity index (χ4v) is 4.93. The van der Waals surface area contributed by atoms with E-state index < -0.39 is 12.1 Å². The van der Waals surface area contributed by atoms with E-state index >= 15 is 0 Å². The highest BCUT2D eigenvalue weighted by Gasteiger charge is 2.32. The zero-order valence-electron chi connectivity index (χ0n) is 22.1. The van der Waals surface area contributed by atoms with Crippen LogP contribution in [-0.4, -0.2) is 29.5 Å². The predicted molar refractivity (Wildman–Crippen MR) is 155 cm³/mol. The van der Waals surface area contributed by atoms with Crippen LogP contribution in [0.3, 0.4) is 0 Å². The van der Waals surface area contributed by atoms with Crippen molar-refractivity contribution in [2.24, 2.45) is 4.99 Å². The van der Waals surface area contributed by atoms with E-state index in [-0.39, 0.29) is 11.7 Å². The highest BCUT2D eigenvalue weighted by molar-refractivity contribution is 5.95. The van der Waals surface area contributed by atoms with Crippen LogP contribution in [0.1, 0.15) is 45.6 Å². The van der Waals surface area contributed by atoms with Crippen LogP contribution >= 0.6 is 0 Å². The second-order valence-electron chi connectivity index (χ2n) is 9.87. The van der Waals surface area contributed by atoms with Crippen molar-refractivity contribution in [3.63, 3.8) is 0 Å². The first kappa shape index (κ1) is 26.8. The first-order valence-electron chi connectivity index (χ1n) is 13.1. The summed E-state index contributed by atoms with van der Waals surface area (Å²) in [6, 6.07) is 28.4. The van der Waals surface area contributed by atoms with E-state index in [9.17, 15) is 14.3 Å². The number of hydrogen-bond acceptors (Lipinski definition) is 4. The summed E-state index contributed by atoms with van der Waals surface area (Å²) in [5, 5.41) is 26.2. The number of amides is 1. The van der Waals surface area contributed by atoms with Gasteiger partial charge >= 0.3 is 0 Å². The molecule has 2 atom stereocenters. The molecule has 0 unspecified atom stereocenters. The fraction of sp³-hybridized carbons (Fsp3) is 0.182. The molecule has 4 aromatic carbocycles. The molecule has 0 saturated carbocycles. The Morgan fingerprint density at radius 3 is 2.55 bits per heavy atom. The molecule has 6 nitrogen and oxygen atoms in total. The molecule has 1 aliphatic carbocycles. The molecule has 4 aromatic rings. The van der Waals surface area contributed by atoms with Crippen LogP contribution < -0.4 is 10.6 Å². The molecular weight excluding hydrogens is 503 g/mol. The predicted octanol–water partition coefficient (Wildman–Crippen LogP) is 5.83. The number of anilines is 1. The van der Waals surface area contributed by atoms with Gasteiger partial charge in [0.2, 0.25) is 0 Å². The number of carbonyl (C=O) groups excluding carboxylic acids is 1. The molecule has 0 bridgehead atoms. The van der Waals surface area contributed by atoms with Gasteiger partial charge in [-0.25, -0.2) is 4.39 Å². The summed E-state index contributed by atoms with van der Waals surface area (Å²) in [6.45, 7) is 2.45. The summed E-state index contributed by atoms with van der Waals surface area (Å²) >= 11 is 0. The van der Waals surface area contributed by atoms with Crippen molar-refractivity contribution >= 4 is 17.4 Å². The standard InChI is InChI=1S/C33H29FN4O2/c1-21(36-16-15-22-5-12-28(34)13-6-22)37-29-14-11-27-18-31(39)32(30(27)19-29)38-33(40)25-9-7-24(8-10-25)26-4-2-3-23(17-26)20-35/h2-14,17,19,31-32,39H,15-16,18H2,1H3,(H,36,37)(H,38,40)/t31-,32-/m1/s1. The molecule has 7 heteroatoms. The van der Waals surface area contributed by atoms with Crippen LogP contribution in [0, 0.1) is 17.1 Å². The highest BCUT2D eigenvalue weighted by atomic mass is 19.1. The average Bonchev–Trinajstić information content (AvgIpc) is 3.28. The minimum Gasteiger partial charge on any atom is -0.390 e. The molecule has 40 heavy (non-hydrogen) atoms. The van der Waals surface area contributed by atoms with Crippen LogP contribution in [-0.2, 0) is 12.8 Å². The van der Waals surface area contributed by atoms with Crippen molar-refractivity contribution < 1.29 is 14.3 Å². The van der Waals surface area contributed by atoms with Crippen molar-refractivity contribution in [1.29, 1.82) is 5.26 Å². The number of nitrogens with one attached hydrogen (secondary N) is 2. The van der Waals surface area contributed by atoms with Crippen molar-refractivity contribution in [3.05, 3.63) is 125 Å². The molecule has 200 valence electrons. The van der Waals surface area contributed by atoms with Gasteiger partial charge in [0.05, 0.1) is 29.6 Å². The third-order valence-corrected chi connectivity index (χ3v) is 7.04. The van der Waals surface area contributed by atoms with Crippen LogP contribution in [0.4, 0.5) is 10.1 Å². The second kappa shape index (κ2) is 11.9. The molecule has 1 amide bonds. The maximum Gasteiger partial charge on any atom is 0.251 e. The number of halogens is 1. The molecule has 0 aliphatic heterocycles. The monoisotopic (exact) mass is 532 g/mol. The van der Waals surface area contributed by atoms with E-state index in [1.54, 1.807) is 30.3 Å². The third kappa shape index (κ3) is 6.25. The lowest BCUT2D eigenvalue weighted by Gasteiger charge is -2.19. The molecule has 1 aliphatic rings. The summed E-state index contributed by atoms with van der Waals surface area (Å²) in [4.78, 5) is 17.7. The quantitative estimate of drug-likeness (QED) is 0.206. The molecule has 0 radical (unpaired) electrons. The Morgan fingerprint density at radius 1 is 1.02 bits per heavy atom. The van der Waals surface area contributed by atoms with Gasteiger partial charge < -0.3 is 15.7 Å². The Balaban J connectivity index is 1.24. The Hall–Kier alpha value is -4.80. The summed E-state index contributed by atoms with van der Waals surface area (Å²) in [6.07, 6.45) is 0.434. The number of aliphatic hydroxyl groups excluding tert-OH is 1. The lowest BCUT2D eigenvalue weighted by molar-refractivity contribution is 0.0858. The Kier molecular flexibility index (Phi) is 7.99. The van der Waals surface area contributed by atoms with Gasteiger partial charge in [-0.2, -0.15) is 5.26 Å². The molecule has 3 N–H and O–H groups in total. The number of amidine groups is 1. The molecule has 0 aromatic heterocycles. The van der Waals surface area contributed by atoms with Crippen LogP contribution in [0.25, 0.3) is 11.1 Å². The Morgan fingerprint density at radius 2 is 1.80 bits per heavy atom. The summed E-state index contributed by atoms with van der Waals surface area (Å²) in [7, 11) is 0. The first-order chi connectivity index (χ1) is 19.4. The highest BCUT2D eigenvalue weighted by Crippen LogP contribution is 2.34. The van der Waals surface area contributed by atoms with Gasteiger partial charge in [-0.3, -0.25) is 9.79 Å². The number of rotatable bonds is 7. The number of fused-ring (bicyclic) bond motifs is 1. The van der Waals surface area contributed by atoms with Crippen LogP contribution in [0.15, 0.2) is 96.0 Å². The first-order valence-corrected chi connectivity index (χ1v) is 13.1. The molecule has 0 heterocycles. The van der Waals surface area contributed by atoms with Gasteiger partial charge in [0.1, 0.15) is 5.82 Å². The minimum absolute atomic E-state index is 0.252. The summed E-state index contributed by atoms with van der Waals surface area (Å²) in [5.41, 5.74) is 6.57. The van der Waals surface area contributed by atoms with Crippen LogP contribution in [0.2, 0.25) is 0 Å². The van der Waals surface area contributed by atoms with Crippen molar-refractivity contribution in [2.75, 3.05) is 11.9 Å². The van der Waals surface area contributed by atoms with Gasteiger partial charge in [0, 0.05) is 24.2 Å². The number of nitrogens with zero attached hydrogens (tertiary/aromatic N) is 2. The van der Waals surface area contributed by atoms with E-state index in [4.69, 9.17) is 5.26 Å². The molecule has 0 fully saturated rings. The SMILES string of the molecule is CC(=NCCc1ccc(F)cc1)Nc1ccc2c(c1)[C@@H](NC(=O)c1ccc(-c3cccc(C#N)c3)cc1)[C@H](O)C2. The van der Waals surface area contributed by atoms with E-state index in [1.807, 2.05) is 55.5 Å². The third-order valence-electron chi connectivity index (χ3n) is 7.04. The van der Waals surface area contributed by atoms with E-state index in [0.29, 0.717) is 30.5 Å². The molecule has 5 rings (SSSR count). The lowest BCUT2D eigenvalue weighted by Crippen LogP contribution is -2.33. The molecule has 0 saturated heterocycles. The van der Waals surface area contributed by atoms with Gasteiger partial charge in [-0.05, 0) is 89.7 Å². The van der Waals surface area contributed by atoms with Gasteiger partial charge in [0.25, 0.3) is 5.91 Å². The maximum absolute atomic E-state index is 13.1. The van der Waals surface area contributed by atoms with Crippen molar-refractivity contribution in [3.8, 4) is 17.2 Å². The smallest absolute Gasteiger partial charge is 0.251 e. The largest absolute Gasteiger partial charge is 0.390 e. The summed E-state index contributed by atoms with van der Waals surface area (Å²) in [5.74, 6) is 0.214. The topological polar surface area (TPSA) is 97.5 Å². The van der Waals surface area contributed by atoms with Crippen LogP contribution in [0.5, 0.6) is 0 Å². The average molecular weight is 533 g/mol. The number of nitriles is 1. The Labute approximate surface area is 232 Å². The Bertz CT molecular complexity index is 1590. The van der Waals surface area contributed by atoms with E-state index in [1.165, 1.54) is 12.1 Å². The van der Waals surface area contributed by atoms with E-state index in [0.717, 1.165) is 39.3 Å². The number of benzene rings is 4. The fourth-order valence-electron chi connectivity index (χ4n) is 4.93. The minimum atomic E-state index is -0.729. The number of aliphatic imine (C=N–C) groups is 1. The molecular formula is C33H29FN4O2. The zero-order chi connectivity index (χ0) is 28.1. The van der Waals surface area contributed by atoms with Crippen molar-refractivity contribution in [1.82, 2.24) is 5.32 Å².